The Morgan fingerprint density at radius 2 is 0.600 bits per heavy atom. The van der Waals surface area contributed by atoms with Crippen molar-refractivity contribution in [2.75, 3.05) is 0 Å². The minimum absolute atomic E-state index is 0. The molecule has 0 amide bonds. The molecule has 0 fully saturated rings. The molecular formula is C28H24Na2. The van der Waals surface area contributed by atoms with E-state index < -0.39 is 0 Å². The predicted molar refractivity (Wildman–Crippen MR) is 125 cm³/mol. The van der Waals surface area contributed by atoms with Crippen LogP contribution in [0.15, 0.2) is 109 Å². The van der Waals surface area contributed by atoms with E-state index in [0.717, 1.165) is 0 Å². The van der Waals surface area contributed by atoms with Gasteiger partial charge in [-0.1, -0.05) is 133 Å². The van der Waals surface area contributed by atoms with Gasteiger partial charge in [0.1, 0.15) is 0 Å². The number of hydrogen-bond acceptors (Lipinski definition) is 0. The van der Waals surface area contributed by atoms with E-state index in [4.69, 9.17) is 0 Å². The molecule has 4 aromatic rings. The summed E-state index contributed by atoms with van der Waals surface area (Å²) >= 11 is 0. The minimum Gasteiger partial charge on any atom is -1.00 e. The molecule has 2 heteroatoms. The SMILES string of the molecule is C(=C\c1ccc(-c2ccc(/C=C/c3ccccc3)cc2)cc1)/c1ccccc1.[H-].[H-].[Na+].[Na+]. The van der Waals surface area contributed by atoms with Gasteiger partial charge >= 0.3 is 59.1 Å². The van der Waals surface area contributed by atoms with Gasteiger partial charge in [-0.15, -0.1) is 0 Å². The maximum absolute atomic E-state index is 2.18. The monoisotopic (exact) mass is 406 g/mol. The summed E-state index contributed by atoms with van der Waals surface area (Å²) < 4.78 is 0. The van der Waals surface area contributed by atoms with Gasteiger partial charge in [0, 0.05) is 0 Å². The summed E-state index contributed by atoms with van der Waals surface area (Å²) in [6.07, 6.45) is 8.58. The number of hydrogen-bond donors (Lipinski definition) is 0. The largest absolute Gasteiger partial charge is 1.00 e. The maximum atomic E-state index is 2.18. The van der Waals surface area contributed by atoms with Crippen molar-refractivity contribution in [3.63, 3.8) is 0 Å². The molecule has 0 nitrogen and oxygen atoms in total. The van der Waals surface area contributed by atoms with E-state index in [1.165, 1.54) is 33.4 Å². The van der Waals surface area contributed by atoms with Crippen molar-refractivity contribution in [2.45, 2.75) is 0 Å². The fraction of sp³-hybridized carbons (Fsp3) is 0. The third-order valence-corrected chi connectivity index (χ3v) is 4.69. The van der Waals surface area contributed by atoms with Crippen molar-refractivity contribution in [3.8, 4) is 11.1 Å². The van der Waals surface area contributed by atoms with Crippen molar-refractivity contribution < 1.29 is 62.0 Å². The van der Waals surface area contributed by atoms with E-state index in [1.54, 1.807) is 0 Å². The normalized spacial score (nSPS) is 10.5. The smallest absolute Gasteiger partial charge is 1.00 e. The van der Waals surface area contributed by atoms with Gasteiger partial charge in [0.05, 0.1) is 0 Å². The molecule has 0 radical (unpaired) electrons. The average Bonchev–Trinajstić information content (AvgIpc) is 2.78. The second-order valence-corrected chi connectivity index (χ2v) is 6.73. The van der Waals surface area contributed by atoms with Gasteiger partial charge in [0.15, 0.2) is 0 Å². The molecule has 0 aliphatic heterocycles. The summed E-state index contributed by atoms with van der Waals surface area (Å²) in [7, 11) is 0. The van der Waals surface area contributed by atoms with E-state index in [0.29, 0.717) is 0 Å². The third-order valence-electron chi connectivity index (χ3n) is 4.69. The summed E-state index contributed by atoms with van der Waals surface area (Å²) in [6.45, 7) is 0. The Balaban J connectivity index is 0.00000240. The summed E-state index contributed by atoms with van der Waals surface area (Å²) in [5, 5.41) is 0. The van der Waals surface area contributed by atoms with Crippen LogP contribution >= 0.6 is 0 Å². The van der Waals surface area contributed by atoms with Crippen LogP contribution in [0.2, 0.25) is 0 Å². The molecule has 0 spiro atoms. The van der Waals surface area contributed by atoms with Crippen LogP contribution in [0.4, 0.5) is 0 Å². The molecule has 0 N–H and O–H groups in total. The van der Waals surface area contributed by atoms with Crippen LogP contribution in [-0.4, -0.2) is 0 Å². The Hall–Kier alpha value is -1.64. The number of rotatable bonds is 5. The number of benzene rings is 4. The molecule has 0 unspecified atom stereocenters. The van der Waals surface area contributed by atoms with E-state index in [-0.39, 0.29) is 62.0 Å². The standard InChI is InChI=1S/C28H22.2Na.2H/c1-3-7-23(8-4-1)11-13-25-15-19-27(20-16-25)28-21-17-26(18-22-28)14-12-24-9-5-2-6-10-24;;;;/h1-22H;;;;/q;2*+1;2*-1/b13-11+,14-12+;;;;. The van der Waals surface area contributed by atoms with Gasteiger partial charge in [-0.05, 0) is 33.4 Å². The van der Waals surface area contributed by atoms with Gasteiger partial charge in [-0.3, -0.25) is 0 Å². The van der Waals surface area contributed by atoms with Gasteiger partial charge in [-0.2, -0.15) is 0 Å². The molecule has 0 aromatic heterocycles. The first-order valence-corrected chi connectivity index (χ1v) is 9.54. The van der Waals surface area contributed by atoms with Gasteiger partial charge in [-0.25, -0.2) is 0 Å². The van der Waals surface area contributed by atoms with Crippen molar-refractivity contribution in [1.29, 1.82) is 0 Å². The van der Waals surface area contributed by atoms with E-state index in [1.807, 2.05) is 12.1 Å². The van der Waals surface area contributed by atoms with E-state index >= 15 is 0 Å². The molecule has 0 atom stereocenters. The summed E-state index contributed by atoms with van der Waals surface area (Å²) in [4.78, 5) is 0. The molecule has 0 aliphatic rings. The fourth-order valence-electron chi connectivity index (χ4n) is 3.09. The maximum Gasteiger partial charge on any atom is 1.00 e. The molecule has 4 aromatic carbocycles. The first kappa shape index (κ1) is 24.6. The Kier molecular flexibility index (Phi) is 10.6. The summed E-state index contributed by atoms with van der Waals surface area (Å²) in [5.41, 5.74) is 7.30. The van der Waals surface area contributed by atoms with Crippen LogP contribution in [0.5, 0.6) is 0 Å². The topological polar surface area (TPSA) is 0 Å². The molecule has 0 aliphatic carbocycles. The average molecular weight is 406 g/mol. The summed E-state index contributed by atoms with van der Waals surface area (Å²) in [6, 6.07) is 38.1. The van der Waals surface area contributed by atoms with Gasteiger partial charge in [0.2, 0.25) is 0 Å². The van der Waals surface area contributed by atoms with Crippen LogP contribution in [0, 0.1) is 0 Å². The van der Waals surface area contributed by atoms with E-state index in [9.17, 15) is 0 Å². The first-order valence-electron chi connectivity index (χ1n) is 9.54. The zero-order valence-electron chi connectivity index (χ0n) is 19.7. The second-order valence-electron chi connectivity index (χ2n) is 6.73. The molecule has 0 saturated heterocycles. The van der Waals surface area contributed by atoms with Crippen LogP contribution in [0.25, 0.3) is 35.4 Å². The molecule has 0 bridgehead atoms. The Morgan fingerprint density at radius 1 is 0.333 bits per heavy atom. The quantitative estimate of drug-likeness (QED) is 0.351. The molecule has 4 rings (SSSR count). The third kappa shape index (κ3) is 7.25. The predicted octanol–water partition coefficient (Wildman–Crippen LogP) is 1.93. The minimum atomic E-state index is 0. The van der Waals surface area contributed by atoms with E-state index in [2.05, 4.69) is 121 Å². The van der Waals surface area contributed by atoms with Crippen molar-refractivity contribution >= 4 is 24.3 Å². The zero-order chi connectivity index (χ0) is 19.0. The van der Waals surface area contributed by atoms with Gasteiger partial charge in [0.25, 0.3) is 0 Å². The Labute approximate surface area is 226 Å². The van der Waals surface area contributed by atoms with Crippen molar-refractivity contribution in [2.24, 2.45) is 0 Å². The molecule has 30 heavy (non-hydrogen) atoms. The fourth-order valence-corrected chi connectivity index (χ4v) is 3.09. The molecule has 138 valence electrons. The van der Waals surface area contributed by atoms with Crippen molar-refractivity contribution in [1.82, 2.24) is 0 Å². The van der Waals surface area contributed by atoms with Crippen LogP contribution in [0.3, 0.4) is 0 Å². The first-order chi connectivity index (χ1) is 13.9. The molecule has 0 saturated carbocycles. The Morgan fingerprint density at radius 3 is 0.900 bits per heavy atom. The van der Waals surface area contributed by atoms with Gasteiger partial charge < -0.3 is 2.85 Å². The second kappa shape index (κ2) is 12.9. The van der Waals surface area contributed by atoms with Crippen LogP contribution < -0.4 is 59.1 Å². The zero-order valence-corrected chi connectivity index (χ0v) is 21.7. The molecule has 0 heterocycles. The van der Waals surface area contributed by atoms with Crippen LogP contribution in [-0.2, 0) is 0 Å². The molecular weight excluding hydrogens is 382 g/mol. The van der Waals surface area contributed by atoms with Crippen molar-refractivity contribution in [3.05, 3.63) is 131 Å². The van der Waals surface area contributed by atoms with Crippen LogP contribution in [0.1, 0.15) is 25.1 Å². The summed E-state index contributed by atoms with van der Waals surface area (Å²) in [5.74, 6) is 0. The Bertz CT molecular complexity index is 983.